The Labute approximate surface area is 103 Å². The van der Waals surface area contributed by atoms with Crippen molar-refractivity contribution in [3.63, 3.8) is 0 Å². The maximum atomic E-state index is 6.02. The molecular formula is C15H20N2. The molecule has 1 aliphatic carbocycles. The van der Waals surface area contributed by atoms with Crippen LogP contribution in [0.1, 0.15) is 29.5 Å². The summed E-state index contributed by atoms with van der Waals surface area (Å²) in [5.41, 5.74) is 13.0. The Morgan fingerprint density at radius 1 is 1.12 bits per heavy atom. The van der Waals surface area contributed by atoms with Crippen molar-refractivity contribution in [1.29, 1.82) is 0 Å². The van der Waals surface area contributed by atoms with Crippen molar-refractivity contribution < 1.29 is 0 Å². The molecule has 0 aliphatic heterocycles. The molecule has 0 amide bonds. The minimum absolute atomic E-state index is 0.947. The van der Waals surface area contributed by atoms with E-state index in [1.165, 1.54) is 22.4 Å². The van der Waals surface area contributed by atoms with Crippen molar-refractivity contribution in [3.8, 4) is 0 Å². The second-order valence-corrected chi connectivity index (χ2v) is 4.78. The number of hydrogen-bond acceptors (Lipinski definition) is 2. The molecule has 3 N–H and O–H groups in total. The van der Waals surface area contributed by atoms with Crippen LogP contribution in [0.3, 0.4) is 0 Å². The Balaban J connectivity index is 2.34. The molecule has 2 heteroatoms. The quantitative estimate of drug-likeness (QED) is 0.812. The first-order valence-electron chi connectivity index (χ1n) is 6.08. The van der Waals surface area contributed by atoms with Gasteiger partial charge in [-0.15, -0.1) is 0 Å². The number of allylic oxidation sites excluding steroid dienone is 3. The summed E-state index contributed by atoms with van der Waals surface area (Å²) in [4.78, 5) is 0. The first kappa shape index (κ1) is 11.8. The smallest absolute Gasteiger partial charge is 0.0572 e. The predicted octanol–water partition coefficient (Wildman–Crippen LogP) is 3.54. The van der Waals surface area contributed by atoms with Crippen LogP contribution in [0.25, 0.3) is 0 Å². The molecule has 0 spiro atoms. The standard InChI is InChI=1S/C15H20N2/c1-10-8-11(2)15(12(3)9-10)17-14-7-5-4-6-13(14)16/h5,7-9,17H,4,6,16H2,1-3H3. The third kappa shape index (κ3) is 2.52. The van der Waals surface area contributed by atoms with Crippen LogP contribution in [-0.4, -0.2) is 0 Å². The van der Waals surface area contributed by atoms with Gasteiger partial charge in [-0.3, -0.25) is 0 Å². The molecule has 1 aromatic rings. The molecule has 0 fully saturated rings. The zero-order valence-electron chi connectivity index (χ0n) is 10.8. The normalized spacial score (nSPS) is 15.2. The van der Waals surface area contributed by atoms with Gasteiger partial charge in [0.15, 0.2) is 0 Å². The predicted molar refractivity (Wildman–Crippen MR) is 73.9 cm³/mol. The lowest BCUT2D eigenvalue weighted by Crippen LogP contribution is -2.12. The number of rotatable bonds is 2. The summed E-state index contributed by atoms with van der Waals surface area (Å²) in [6, 6.07) is 4.39. The average molecular weight is 228 g/mol. The Kier molecular flexibility index (Phi) is 3.23. The molecule has 17 heavy (non-hydrogen) atoms. The molecule has 2 nitrogen and oxygen atoms in total. The van der Waals surface area contributed by atoms with Crippen molar-refractivity contribution in [2.45, 2.75) is 33.6 Å². The number of hydrogen-bond donors (Lipinski definition) is 2. The van der Waals surface area contributed by atoms with E-state index in [0.29, 0.717) is 0 Å². The van der Waals surface area contributed by atoms with Gasteiger partial charge in [-0.1, -0.05) is 23.8 Å². The largest absolute Gasteiger partial charge is 0.400 e. The van der Waals surface area contributed by atoms with Gasteiger partial charge in [0.05, 0.1) is 5.70 Å². The molecular weight excluding hydrogens is 208 g/mol. The van der Waals surface area contributed by atoms with Crippen LogP contribution in [-0.2, 0) is 0 Å². The van der Waals surface area contributed by atoms with Crippen LogP contribution in [0, 0.1) is 20.8 Å². The van der Waals surface area contributed by atoms with Gasteiger partial charge >= 0.3 is 0 Å². The fourth-order valence-corrected chi connectivity index (χ4v) is 2.32. The van der Waals surface area contributed by atoms with Gasteiger partial charge in [-0.2, -0.15) is 0 Å². The van der Waals surface area contributed by atoms with Crippen molar-refractivity contribution in [1.82, 2.24) is 0 Å². The maximum absolute atomic E-state index is 6.02. The lowest BCUT2D eigenvalue weighted by Gasteiger charge is -2.18. The van der Waals surface area contributed by atoms with E-state index in [-0.39, 0.29) is 0 Å². The minimum Gasteiger partial charge on any atom is -0.400 e. The van der Waals surface area contributed by atoms with Crippen molar-refractivity contribution in [2.75, 3.05) is 5.32 Å². The molecule has 0 unspecified atom stereocenters. The van der Waals surface area contributed by atoms with E-state index in [9.17, 15) is 0 Å². The molecule has 0 aromatic heterocycles. The second kappa shape index (κ2) is 4.66. The molecule has 0 atom stereocenters. The van der Waals surface area contributed by atoms with Crippen LogP contribution in [0.2, 0.25) is 0 Å². The number of benzene rings is 1. The highest BCUT2D eigenvalue weighted by molar-refractivity contribution is 5.62. The number of nitrogens with one attached hydrogen (secondary N) is 1. The molecule has 1 aliphatic rings. The van der Waals surface area contributed by atoms with E-state index in [2.05, 4.69) is 50.4 Å². The van der Waals surface area contributed by atoms with Gasteiger partial charge in [0, 0.05) is 11.4 Å². The third-order valence-electron chi connectivity index (χ3n) is 3.15. The first-order chi connectivity index (χ1) is 8.08. The van der Waals surface area contributed by atoms with Crippen LogP contribution < -0.4 is 11.1 Å². The zero-order valence-corrected chi connectivity index (χ0v) is 10.8. The van der Waals surface area contributed by atoms with Crippen molar-refractivity contribution in [3.05, 3.63) is 52.4 Å². The summed E-state index contributed by atoms with van der Waals surface area (Å²) >= 11 is 0. The van der Waals surface area contributed by atoms with E-state index >= 15 is 0 Å². The van der Waals surface area contributed by atoms with Gasteiger partial charge in [-0.05, 0) is 50.8 Å². The molecule has 1 aromatic carbocycles. The van der Waals surface area contributed by atoms with E-state index in [4.69, 9.17) is 5.73 Å². The number of aryl methyl sites for hydroxylation is 3. The van der Waals surface area contributed by atoms with Gasteiger partial charge in [0.2, 0.25) is 0 Å². The summed E-state index contributed by atoms with van der Waals surface area (Å²) in [7, 11) is 0. The van der Waals surface area contributed by atoms with Gasteiger partial charge in [-0.25, -0.2) is 0 Å². The van der Waals surface area contributed by atoms with E-state index in [0.717, 1.165) is 24.2 Å². The topological polar surface area (TPSA) is 38.0 Å². The van der Waals surface area contributed by atoms with Gasteiger partial charge in [0.25, 0.3) is 0 Å². The fourth-order valence-electron chi connectivity index (χ4n) is 2.32. The summed E-state index contributed by atoms with van der Waals surface area (Å²) < 4.78 is 0. The monoisotopic (exact) mass is 228 g/mol. The highest BCUT2D eigenvalue weighted by atomic mass is 14.9. The first-order valence-corrected chi connectivity index (χ1v) is 6.08. The number of anilines is 1. The summed E-state index contributed by atoms with van der Waals surface area (Å²) in [6.45, 7) is 6.38. The van der Waals surface area contributed by atoms with Gasteiger partial charge in [0.1, 0.15) is 0 Å². The Morgan fingerprint density at radius 3 is 2.35 bits per heavy atom. The molecule has 2 rings (SSSR count). The second-order valence-electron chi connectivity index (χ2n) is 4.78. The fraction of sp³-hybridized carbons (Fsp3) is 0.333. The van der Waals surface area contributed by atoms with Crippen molar-refractivity contribution in [2.24, 2.45) is 5.73 Å². The van der Waals surface area contributed by atoms with E-state index in [1.807, 2.05) is 0 Å². The SMILES string of the molecule is Cc1cc(C)c(NC2=C(N)CCC=C2)c(C)c1. The van der Waals surface area contributed by atoms with E-state index < -0.39 is 0 Å². The van der Waals surface area contributed by atoms with Crippen LogP contribution in [0.4, 0.5) is 5.69 Å². The maximum Gasteiger partial charge on any atom is 0.0572 e. The highest BCUT2D eigenvalue weighted by Gasteiger charge is 2.08. The zero-order chi connectivity index (χ0) is 12.4. The summed E-state index contributed by atoms with van der Waals surface area (Å²) in [6.07, 6.45) is 6.24. The molecule has 0 heterocycles. The highest BCUT2D eigenvalue weighted by Crippen LogP contribution is 2.25. The van der Waals surface area contributed by atoms with Crippen LogP contribution in [0.5, 0.6) is 0 Å². The Hall–Kier alpha value is -1.70. The molecule has 0 saturated heterocycles. The Morgan fingerprint density at radius 2 is 1.76 bits per heavy atom. The van der Waals surface area contributed by atoms with Crippen LogP contribution >= 0.6 is 0 Å². The molecule has 0 saturated carbocycles. The molecule has 90 valence electrons. The van der Waals surface area contributed by atoms with Crippen molar-refractivity contribution >= 4 is 5.69 Å². The minimum atomic E-state index is 0.947. The average Bonchev–Trinajstić information content (AvgIpc) is 2.25. The molecule has 0 radical (unpaired) electrons. The van der Waals surface area contributed by atoms with Gasteiger partial charge < -0.3 is 11.1 Å². The van der Waals surface area contributed by atoms with Crippen LogP contribution in [0.15, 0.2) is 35.7 Å². The lowest BCUT2D eigenvalue weighted by atomic mass is 10.0. The number of nitrogens with two attached hydrogens (primary N) is 1. The summed E-state index contributed by atoms with van der Waals surface area (Å²) in [5.74, 6) is 0. The lowest BCUT2D eigenvalue weighted by molar-refractivity contribution is 0.923. The summed E-state index contributed by atoms with van der Waals surface area (Å²) in [5, 5.41) is 3.46. The molecule has 0 bridgehead atoms. The third-order valence-corrected chi connectivity index (χ3v) is 3.15. The Bertz CT molecular complexity index is 473. The van der Waals surface area contributed by atoms with E-state index in [1.54, 1.807) is 0 Å².